The lowest BCUT2D eigenvalue weighted by atomic mass is 10.2. The van der Waals surface area contributed by atoms with Gasteiger partial charge in [0.05, 0.1) is 16.7 Å². The average molecular weight is 196 g/mol. The van der Waals surface area contributed by atoms with E-state index >= 15 is 0 Å². The second-order valence-electron chi connectivity index (χ2n) is 3.91. The minimum atomic E-state index is 0.531. The number of aromatic nitrogens is 1. The van der Waals surface area contributed by atoms with Gasteiger partial charge < -0.3 is 5.32 Å². The summed E-state index contributed by atoms with van der Waals surface area (Å²) in [7, 11) is 0. The van der Waals surface area contributed by atoms with E-state index in [1.165, 1.54) is 23.5 Å². The maximum Gasteiger partial charge on any atom is 0.0954 e. The Morgan fingerprint density at radius 3 is 3.00 bits per heavy atom. The smallest absolute Gasteiger partial charge is 0.0954 e. The zero-order valence-electron chi connectivity index (χ0n) is 8.21. The van der Waals surface area contributed by atoms with Crippen molar-refractivity contribution in [3.05, 3.63) is 16.1 Å². The van der Waals surface area contributed by atoms with E-state index < -0.39 is 0 Å². The van der Waals surface area contributed by atoms with Crippen LogP contribution in [0.25, 0.3) is 0 Å². The van der Waals surface area contributed by atoms with E-state index in [9.17, 15) is 0 Å². The molecule has 0 aromatic carbocycles. The van der Waals surface area contributed by atoms with E-state index in [2.05, 4.69) is 29.5 Å². The molecule has 0 unspecified atom stereocenters. The zero-order valence-corrected chi connectivity index (χ0v) is 9.03. The fourth-order valence-corrected chi connectivity index (χ4v) is 2.55. The molecule has 1 aliphatic heterocycles. The largest absolute Gasteiger partial charge is 0.309 e. The first kappa shape index (κ1) is 9.16. The first-order chi connectivity index (χ1) is 6.27. The van der Waals surface area contributed by atoms with Crippen molar-refractivity contribution >= 4 is 11.3 Å². The molecule has 2 heterocycles. The predicted octanol–water partition coefficient (Wildman–Crippen LogP) is 2.69. The number of nitrogens with zero attached hydrogens (tertiary/aromatic N) is 1. The van der Waals surface area contributed by atoms with Crippen LogP contribution in [0, 0.1) is 0 Å². The van der Waals surface area contributed by atoms with Crippen LogP contribution in [0.4, 0.5) is 0 Å². The molecule has 1 aromatic heterocycles. The third-order valence-corrected chi connectivity index (χ3v) is 3.61. The summed E-state index contributed by atoms with van der Waals surface area (Å²) >= 11 is 1.79. The van der Waals surface area contributed by atoms with Gasteiger partial charge in [0.2, 0.25) is 0 Å². The molecular weight excluding hydrogens is 180 g/mol. The molecule has 1 saturated heterocycles. The molecular formula is C10H16N2S. The average Bonchev–Trinajstić information content (AvgIpc) is 2.75. The lowest BCUT2D eigenvalue weighted by molar-refractivity contribution is 0.627. The predicted molar refractivity (Wildman–Crippen MR) is 56.2 cm³/mol. The maximum atomic E-state index is 4.65. The van der Waals surface area contributed by atoms with Crippen LogP contribution in [0.15, 0.2) is 5.38 Å². The molecule has 0 amide bonds. The van der Waals surface area contributed by atoms with Gasteiger partial charge in [0.1, 0.15) is 0 Å². The molecule has 0 radical (unpaired) electrons. The standard InChI is InChI=1S/C10H16N2S/c1-7(2)10-12-9(6-13-10)8-4-3-5-11-8/h6-8,11H,3-5H2,1-2H3/t8-/m1/s1. The summed E-state index contributed by atoms with van der Waals surface area (Å²) in [4.78, 5) is 4.65. The van der Waals surface area contributed by atoms with Gasteiger partial charge in [0, 0.05) is 11.3 Å². The summed E-state index contributed by atoms with van der Waals surface area (Å²) < 4.78 is 0. The molecule has 0 spiro atoms. The monoisotopic (exact) mass is 196 g/mol. The van der Waals surface area contributed by atoms with Gasteiger partial charge in [-0.05, 0) is 19.4 Å². The van der Waals surface area contributed by atoms with Crippen molar-refractivity contribution in [3.8, 4) is 0 Å². The van der Waals surface area contributed by atoms with Crippen LogP contribution < -0.4 is 5.32 Å². The number of nitrogens with one attached hydrogen (secondary N) is 1. The van der Waals surface area contributed by atoms with Crippen molar-refractivity contribution in [2.45, 2.75) is 38.6 Å². The summed E-state index contributed by atoms with van der Waals surface area (Å²) in [5.74, 6) is 0.570. The molecule has 1 aromatic rings. The first-order valence-electron chi connectivity index (χ1n) is 4.96. The second-order valence-corrected chi connectivity index (χ2v) is 4.80. The third kappa shape index (κ3) is 1.92. The van der Waals surface area contributed by atoms with Crippen molar-refractivity contribution < 1.29 is 0 Å². The normalized spacial score (nSPS) is 22.8. The van der Waals surface area contributed by atoms with Crippen LogP contribution in [0.5, 0.6) is 0 Å². The van der Waals surface area contributed by atoms with E-state index in [1.54, 1.807) is 11.3 Å². The van der Waals surface area contributed by atoms with Gasteiger partial charge in [0.15, 0.2) is 0 Å². The SMILES string of the molecule is CC(C)c1nc([C@H]2CCCN2)cs1. The minimum Gasteiger partial charge on any atom is -0.309 e. The third-order valence-electron chi connectivity index (χ3n) is 2.45. The van der Waals surface area contributed by atoms with Crippen molar-refractivity contribution in [2.75, 3.05) is 6.54 Å². The van der Waals surface area contributed by atoms with Crippen LogP contribution >= 0.6 is 11.3 Å². The molecule has 2 rings (SSSR count). The molecule has 72 valence electrons. The Morgan fingerprint density at radius 2 is 2.46 bits per heavy atom. The highest BCUT2D eigenvalue weighted by molar-refractivity contribution is 7.09. The lowest BCUT2D eigenvalue weighted by Crippen LogP contribution is -2.13. The highest BCUT2D eigenvalue weighted by atomic mass is 32.1. The van der Waals surface area contributed by atoms with E-state index in [4.69, 9.17) is 0 Å². The number of hydrogen-bond acceptors (Lipinski definition) is 3. The van der Waals surface area contributed by atoms with Gasteiger partial charge in [-0.25, -0.2) is 4.98 Å². The molecule has 0 aliphatic carbocycles. The zero-order chi connectivity index (χ0) is 9.26. The topological polar surface area (TPSA) is 24.9 Å². The van der Waals surface area contributed by atoms with Crippen molar-refractivity contribution in [3.63, 3.8) is 0 Å². The Kier molecular flexibility index (Phi) is 2.65. The summed E-state index contributed by atoms with van der Waals surface area (Å²) in [5.41, 5.74) is 1.26. The van der Waals surface area contributed by atoms with Crippen molar-refractivity contribution in [2.24, 2.45) is 0 Å². The molecule has 1 N–H and O–H groups in total. The first-order valence-corrected chi connectivity index (χ1v) is 5.84. The van der Waals surface area contributed by atoms with Crippen LogP contribution in [0.2, 0.25) is 0 Å². The van der Waals surface area contributed by atoms with E-state index in [0.29, 0.717) is 12.0 Å². The van der Waals surface area contributed by atoms with Gasteiger partial charge >= 0.3 is 0 Å². The van der Waals surface area contributed by atoms with E-state index in [1.807, 2.05) is 0 Å². The Hall–Kier alpha value is -0.410. The molecule has 1 aliphatic rings. The highest BCUT2D eigenvalue weighted by Crippen LogP contribution is 2.27. The number of hydrogen-bond donors (Lipinski definition) is 1. The van der Waals surface area contributed by atoms with E-state index in [0.717, 1.165) is 6.54 Å². The van der Waals surface area contributed by atoms with Gasteiger partial charge in [0.25, 0.3) is 0 Å². The van der Waals surface area contributed by atoms with Crippen molar-refractivity contribution in [1.29, 1.82) is 0 Å². The van der Waals surface area contributed by atoms with Gasteiger partial charge in [-0.2, -0.15) is 0 Å². The molecule has 2 nitrogen and oxygen atoms in total. The summed E-state index contributed by atoms with van der Waals surface area (Å²) in [6, 6.07) is 0.531. The highest BCUT2D eigenvalue weighted by Gasteiger charge is 2.19. The molecule has 1 atom stereocenters. The number of thiazole rings is 1. The van der Waals surface area contributed by atoms with Crippen molar-refractivity contribution in [1.82, 2.24) is 10.3 Å². The molecule has 13 heavy (non-hydrogen) atoms. The van der Waals surface area contributed by atoms with Gasteiger partial charge in [-0.15, -0.1) is 11.3 Å². The Bertz CT molecular complexity index is 274. The molecule has 3 heteroatoms. The summed E-state index contributed by atoms with van der Waals surface area (Å²) in [5, 5.41) is 6.94. The molecule has 0 saturated carbocycles. The molecule has 0 bridgehead atoms. The minimum absolute atomic E-state index is 0.531. The van der Waals surface area contributed by atoms with Crippen LogP contribution in [0.1, 0.15) is 49.4 Å². The van der Waals surface area contributed by atoms with Crippen LogP contribution in [-0.2, 0) is 0 Å². The molecule has 1 fully saturated rings. The van der Waals surface area contributed by atoms with Crippen LogP contribution in [-0.4, -0.2) is 11.5 Å². The van der Waals surface area contributed by atoms with Gasteiger partial charge in [-0.3, -0.25) is 0 Å². The fraction of sp³-hybridized carbons (Fsp3) is 0.700. The fourth-order valence-electron chi connectivity index (χ4n) is 1.66. The second kappa shape index (κ2) is 3.76. The van der Waals surface area contributed by atoms with E-state index in [-0.39, 0.29) is 0 Å². The quantitative estimate of drug-likeness (QED) is 0.786. The Labute approximate surface area is 83.4 Å². The Balaban J connectivity index is 2.12. The summed E-state index contributed by atoms with van der Waals surface area (Å²) in [6.45, 7) is 5.55. The summed E-state index contributed by atoms with van der Waals surface area (Å²) in [6.07, 6.45) is 2.54. The number of rotatable bonds is 2. The Morgan fingerprint density at radius 1 is 1.62 bits per heavy atom. The lowest BCUT2D eigenvalue weighted by Gasteiger charge is -2.05. The van der Waals surface area contributed by atoms with Gasteiger partial charge in [-0.1, -0.05) is 13.8 Å². The van der Waals surface area contributed by atoms with Crippen LogP contribution in [0.3, 0.4) is 0 Å². The maximum absolute atomic E-state index is 4.65.